The van der Waals surface area contributed by atoms with Crippen LogP contribution in [0.5, 0.6) is 0 Å². The maximum Gasteiger partial charge on any atom is 0.407 e. The summed E-state index contributed by atoms with van der Waals surface area (Å²) >= 11 is 0. The summed E-state index contributed by atoms with van der Waals surface area (Å²) in [5.74, 6) is 1.38. The first-order valence-electron chi connectivity index (χ1n) is 20.1. The van der Waals surface area contributed by atoms with Gasteiger partial charge in [-0.15, -0.1) is 0 Å². The van der Waals surface area contributed by atoms with Gasteiger partial charge in [0, 0.05) is 36.1 Å². The molecule has 1 aliphatic carbocycles. The maximum atomic E-state index is 13.9. The van der Waals surface area contributed by atoms with Gasteiger partial charge in [-0.1, -0.05) is 76.2 Å². The van der Waals surface area contributed by atoms with E-state index in [1.165, 1.54) is 14.2 Å². The Labute approximate surface area is 333 Å². The highest BCUT2D eigenvalue weighted by molar-refractivity contribution is 5.87. The van der Waals surface area contributed by atoms with E-state index in [0.717, 1.165) is 83.8 Å². The first kappa shape index (κ1) is 39.6. The standard InChI is InChI=1S/C43H54N8O6/c1-24(2)35(48-42(54)56-5)40(52)50-20-8-7-9-34(50)38-44-22-32(46-38)28-14-10-26(11-15-28)27-12-16-29(17-13-27)33-23-45-39(47-33)37-30-18-19-31(21-30)51(37)41(53)36(25(3)4)49-43(55)57-6/h10-17,22-25,30-31,34-37H,7-9,18-21H2,1-6H3,(H,44,46)(H,45,47)(H,48,54)(H,49,55)/t30?,31?,34?,35-,36-,37?/m0/s1. The minimum atomic E-state index is -0.692. The Hall–Kier alpha value is -5.66. The molecular weight excluding hydrogens is 725 g/mol. The first-order chi connectivity index (χ1) is 27.5. The molecule has 2 aromatic heterocycles. The van der Waals surface area contributed by atoms with E-state index in [4.69, 9.17) is 19.4 Å². The summed E-state index contributed by atoms with van der Waals surface area (Å²) in [6.45, 7) is 8.26. The van der Waals surface area contributed by atoms with E-state index < -0.39 is 24.3 Å². The molecule has 302 valence electrons. The molecule has 4 heterocycles. The third-order valence-corrected chi connectivity index (χ3v) is 11.9. The molecule has 3 fully saturated rings. The first-order valence-corrected chi connectivity index (χ1v) is 20.1. The molecule has 1 saturated carbocycles. The number of imidazole rings is 2. The number of hydrogen-bond donors (Lipinski definition) is 4. The summed E-state index contributed by atoms with van der Waals surface area (Å²) < 4.78 is 9.60. The molecule has 4 unspecified atom stereocenters. The average molecular weight is 779 g/mol. The van der Waals surface area contributed by atoms with Crippen LogP contribution in [0.15, 0.2) is 60.9 Å². The second-order valence-electron chi connectivity index (χ2n) is 16.2. The third kappa shape index (κ3) is 8.12. The second kappa shape index (κ2) is 16.8. The molecule has 2 aromatic carbocycles. The van der Waals surface area contributed by atoms with E-state index >= 15 is 0 Å². The van der Waals surface area contributed by atoms with Crippen LogP contribution in [-0.4, -0.2) is 92.6 Å². The van der Waals surface area contributed by atoms with Gasteiger partial charge >= 0.3 is 12.2 Å². The van der Waals surface area contributed by atoms with Crippen LogP contribution >= 0.6 is 0 Å². The van der Waals surface area contributed by atoms with Gasteiger partial charge in [0.2, 0.25) is 11.8 Å². The number of rotatable bonds is 11. The maximum absolute atomic E-state index is 13.9. The van der Waals surface area contributed by atoms with E-state index in [9.17, 15) is 19.2 Å². The Bertz CT molecular complexity index is 2060. The van der Waals surface area contributed by atoms with Crippen molar-refractivity contribution in [1.29, 1.82) is 0 Å². The smallest absolute Gasteiger partial charge is 0.407 e. The molecule has 2 bridgehead atoms. The summed E-state index contributed by atoms with van der Waals surface area (Å²) in [6.07, 6.45) is 8.14. The van der Waals surface area contributed by atoms with Crippen molar-refractivity contribution in [2.45, 2.75) is 96.4 Å². The summed E-state index contributed by atoms with van der Waals surface area (Å²) in [4.78, 5) is 72.2. The van der Waals surface area contributed by atoms with Crippen molar-refractivity contribution >= 4 is 24.0 Å². The molecule has 0 spiro atoms. The molecule has 14 nitrogen and oxygen atoms in total. The number of fused-ring (bicyclic) bond motifs is 2. The van der Waals surface area contributed by atoms with Gasteiger partial charge in [0.25, 0.3) is 0 Å². The van der Waals surface area contributed by atoms with Crippen LogP contribution in [0.4, 0.5) is 9.59 Å². The molecule has 57 heavy (non-hydrogen) atoms. The Morgan fingerprint density at radius 3 is 1.74 bits per heavy atom. The molecule has 2 aliphatic heterocycles. The van der Waals surface area contributed by atoms with Crippen LogP contribution in [0.25, 0.3) is 33.6 Å². The van der Waals surface area contributed by atoms with E-state index in [1.807, 2.05) is 49.9 Å². The Kier molecular flexibility index (Phi) is 11.7. The van der Waals surface area contributed by atoms with Crippen molar-refractivity contribution in [2.24, 2.45) is 17.8 Å². The molecule has 6 atom stereocenters. The number of likely N-dealkylation sites (tertiary alicyclic amines) is 2. The zero-order valence-electron chi connectivity index (χ0n) is 33.6. The zero-order chi connectivity index (χ0) is 40.4. The fourth-order valence-electron chi connectivity index (χ4n) is 8.83. The predicted octanol–water partition coefficient (Wildman–Crippen LogP) is 7.00. The van der Waals surface area contributed by atoms with Crippen molar-refractivity contribution in [3.05, 3.63) is 72.6 Å². The molecule has 3 aliphatic rings. The van der Waals surface area contributed by atoms with Gasteiger partial charge in [0.1, 0.15) is 23.7 Å². The lowest BCUT2D eigenvalue weighted by atomic mass is 9.95. The Morgan fingerprint density at radius 1 is 0.684 bits per heavy atom. The summed E-state index contributed by atoms with van der Waals surface area (Å²) in [7, 11) is 2.60. The van der Waals surface area contributed by atoms with E-state index in [-0.39, 0.29) is 41.8 Å². The molecule has 4 amide bonds. The molecule has 2 saturated heterocycles. The van der Waals surface area contributed by atoms with Gasteiger partial charge in [-0.3, -0.25) is 9.59 Å². The molecule has 14 heteroatoms. The van der Waals surface area contributed by atoms with Crippen molar-refractivity contribution in [3.63, 3.8) is 0 Å². The highest BCUT2D eigenvalue weighted by Gasteiger charge is 2.51. The van der Waals surface area contributed by atoms with Gasteiger partial charge in [-0.25, -0.2) is 19.6 Å². The molecule has 4 aromatic rings. The van der Waals surface area contributed by atoms with Crippen molar-refractivity contribution in [3.8, 4) is 33.6 Å². The number of benzene rings is 2. The van der Waals surface area contributed by atoms with Crippen LogP contribution < -0.4 is 10.6 Å². The van der Waals surface area contributed by atoms with Crippen molar-refractivity contribution < 1.29 is 28.7 Å². The number of ether oxygens (including phenoxy) is 2. The van der Waals surface area contributed by atoms with Gasteiger partial charge < -0.3 is 39.9 Å². The minimum Gasteiger partial charge on any atom is -0.453 e. The van der Waals surface area contributed by atoms with Gasteiger partial charge in [-0.05, 0) is 67.4 Å². The molecule has 4 N–H and O–H groups in total. The highest BCUT2D eigenvalue weighted by Crippen LogP contribution is 2.50. The lowest BCUT2D eigenvalue weighted by Gasteiger charge is -2.37. The predicted molar refractivity (Wildman–Crippen MR) is 214 cm³/mol. The van der Waals surface area contributed by atoms with Crippen LogP contribution in [-0.2, 0) is 19.1 Å². The number of hydrogen-bond acceptors (Lipinski definition) is 8. The number of nitrogens with zero attached hydrogens (tertiary/aromatic N) is 4. The fourth-order valence-corrected chi connectivity index (χ4v) is 8.83. The Balaban J connectivity index is 1.03. The lowest BCUT2D eigenvalue weighted by Crippen LogP contribution is -2.54. The largest absolute Gasteiger partial charge is 0.453 e. The number of aromatic amines is 2. The second-order valence-corrected chi connectivity index (χ2v) is 16.2. The Morgan fingerprint density at radius 2 is 1.19 bits per heavy atom. The number of carbonyl (C=O) groups is 4. The van der Waals surface area contributed by atoms with Crippen LogP contribution in [0.1, 0.15) is 90.0 Å². The molecule has 0 radical (unpaired) electrons. The summed E-state index contributed by atoms with van der Waals surface area (Å²) in [6, 6.07) is 14.9. The normalized spacial score (nSPS) is 21.4. The third-order valence-electron chi connectivity index (χ3n) is 11.9. The topological polar surface area (TPSA) is 175 Å². The molecule has 7 rings (SSSR count). The number of piperidine rings is 2. The average Bonchev–Trinajstić information content (AvgIpc) is 4.07. The van der Waals surface area contributed by atoms with Crippen LogP contribution in [0.2, 0.25) is 0 Å². The monoisotopic (exact) mass is 778 g/mol. The van der Waals surface area contributed by atoms with Crippen molar-refractivity contribution in [1.82, 2.24) is 40.4 Å². The van der Waals surface area contributed by atoms with E-state index in [1.54, 1.807) is 0 Å². The summed E-state index contributed by atoms with van der Waals surface area (Å²) in [5, 5.41) is 5.47. The van der Waals surface area contributed by atoms with E-state index in [0.29, 0.717) is 12.5 Å². The highest BCUT2D eigenvalue weighted by atomic mass is 16.5. The molecular formula is C43H54N8O6. The fraction of sp³-hybridized carbons (Fsp3) is 0.488. The van der Waals surface area contributed by atoms with E-state index in [2.05, 4.69) is 69.1 Å². The number of H-pyrrole nitrogens is 2. The van der Waals surface area contributed by atoms with Gasteiger partial charge in [-0.2, -0.15) is 0 Å². The number of alkyl carbamates (subject to hydrolysis) is 2. The number of carbonyl (C=O) groups excluding carboxylic acids is 4. The van der Waals surface area contributed by atoms with Gasteiger partial charge in [0.05, 0.1) is 37.7 Å². The van der Waals surface area contributed by atoms with Gasteiger partial charge in [0.15, 0.2) is 0 Å². The summed E-state index contributed by atoms with van der Waals surface area (Å²) in [5.41, 5.74) is 5.64. The number of methoxy groups -OCH3 is 2. The quantitative estimate of drug-likeness (QED) is 0.126. The minimum absolute atomic E-state index is 0.0948. The zero-order valence-corrected chi connectivity index (χ0v) is 33.6. The SMILES string of the molecule is COC(=O)N[C@H](C(=O)N1CCCCC1c1nc(-c2ccc(-c3ccc(-c4c[nH]c(C5C6CCC(C6)N5C(=O)[C@@H](NC(=O)OC)C(C)C)n4)cc3)cc2)c[nH]1)C(C)C. The number of aromatic nitrogens is 4. The van der Waals surface area contributed by atoms with Crippen LogP contribution in [0, 0.1) is 17.8 Å². The number of amides is 4. The number of nitrogens with one attached hydrogen (secondary N) is 4. The van der Waals surface area contributed by atoms with Crippen molar-refractivity contribution in [2.75, 3.05) is 20.8 Å². The lowest BCUT2D eigenvalue weighted by molar-refractivity contribution is -0.139. The van der Waals surface area contributed by atoms with Crippen LogP contribution in [0.3, 0.4) is 0 Å².